The highest BCUT2D eigenvalue weighted by Gasteiger charge is 2.50. The monoisotopic (exact) mass is 380 g/mol. The Balaban J connectivity index is 1.80. The molecule has 3 rings (SSSR count). The van der Waals surface area contributed by atoms with Crippen molar-refractivity contribution in [2.75, 3.05) is 19.6 Å². The van der Waals surface area contributed by atoms with E-state index in [4.69, 9.17) is 11.5 Å². The van der Waals surface area contributed by atoms with Crippen molar-refractivity contribution >= 4 is 17.5 Å². The van der Waals surface area contributed by atoms with Crippen LogP contribution in [-0.2, 0) is 16.0 Å². The molecule has 0 radical (unpaired) electrons. The standard InChI is InChI=1S/C23H29N3O2/c24-21(27)16-23(13-7-10-19-8-3-1-4-9-19)14-15-26(18-23,17-22(25)28)20-11-5-2-6-12-20/h1-6,8-9,11-12H,7,10,13-18H2,(H3-,24,25,27,28)/p+1. The van der Waals surface area contributed by atoms with Crippen molar-refractivity contribution in [1.29, 1.82) is 0 Å². The van der Waals surface area contributed by atoms with Gasteiger partial charge in [-0.25, -0.2) is 0 Å². The molecule has 2 aromatic carbocycles. The smallest absolute Gasteiger partial charge is 0.273 e. The highest BCUT2D eigenvalue weighted by molar-refractivity contribution is 5.79. The Kier molecular flexibility index (Phi) is 6.15. The van der Waals surface area contributed by atoms with Gasteiger partial charge in [0.1, 0.15) is 5.69 Å². The van der Waals surface area contributed by atoms with E-state index in [1.165, 1.54) is 5.56 Å². The summed E-state index contributed by atoms with van der Waals surface area (Å²) in [4.78, 5) is 23.8. The normalized spacial score (nSPS) is 24.1. The number of quaternary nitrogens is 1. The maximum Gasteiger partial charge on any atom is 0.273 e. The first-order chi connectivity index (χ1) is 13.4. The summed E-state index contributed by atoms with van der Waals surface area (Å²) in [5, 5.41) is 0. The van der Waals surface area contributed by atoms with Crippen LogP contribution in [0.4, 0.5) is 5.69 Å². The van der Waals surface area contributed by atoms with E-state index in [-0.39, 0.29) is 23.8 Å². The van der Waals surface area contributed by atoms with Crippen LogP contribution in [0.15, 0.2) is 60.7 Å². The van der Waals surface area contributed by atoms with Crippen molar-refractivity contribution in [3.05, 3.63) is 66.2 Å². The molecule has 0 aliphatic carbocycles. The van der Waals surface area contributed by atoms with Crippen LogP contribution in [0, 0.1) is 5.41 Å². The predicted molar refractivity (Wildman–Crippen MR) is 112 cm³/mol. The molecule has 1 aliphatic heterocycles. The Morgan fingerprint density at radius 3 is 2.18 bits per heavy atom. The number of primary amides is 2. The number of carbonyl (C=O) groups is 2. The van der Waals surface area contributed by atoms with Crippen molar-refractivity contribution < 1.29 is 9.59 Å². The van der Waals surface area contributed by atoms with Gasteiger partial charge >= 0.3 is 0 Å². The number of hydrogen-bond donors (Lipinski definition) is 2. The zero-order valence-electron chi connectivity index (χ0n) is 16.3. The van der Waals surface area contributed by atoms with Crippen molar-refractivity contribution in [1.82, 2.24) is 4.48 Å². The molecule has 0 aromatic heterocycles. The lowest BCUT2D eigenvalue weighted by Crippen LogP contribution is -2.53. The number of rotatable bonds is 9. The molecule has 0 bridgehead atoms. The van der Waals surface area contributed by atoms with Crippen LogP contribution < -0.4 is 16.0 Å². The van der Waals surface area contributed by atoms with Crippen molar-refractivity contribution in [2.24, 2.45) is 16.9 Å². The zero-order valence-corrected chi connectivity index (χ0v) is 16.3. The summed E-state index contributed by atoms with van der Waals surface area (Å²) in [6.07, 6.45) is 4.10. The van der Waals surface area contributed by atoms with E-state index < -0.39 is 0 Å². The maximum absolute atomic E-state index is 11.9. The van der Waals surface area contributed by atoms with E-state index >= 15 is 0 Å². The van der Waals surface area contributed by atoms with Gasteiger partial charge in [-0.2, -0.15) is 0 Å². The molecule has 5 heteroatoms. The van der Waals surface area contributed by atoms with Gasteiger partial charge in [0.2, 0.25) is 5.91 Å². The molecule has 4 N–H and O–H groups in total. The average Bonchev–Trinajstić information content (AvgIpc) is 3.01. The highest BCUT2D eigenvalue weighted by Crippen LogP contribution is 2.44. The fraction of sp³-hybridized carbons (Fsp3) is 0.391. The summed E-state index contributed by atoms with van der Waals surface area (Å²) in [6.45, 7) is 1.77. The zero-order chi connectivity index (χ0) is 20.0. The Morgan fingerprint density at radius 2 is 1.57 bits per heavy atom. The minimum Gasteiger partial charge on any atom is -0.370 e. The van der Waals surface area contributed by atoms with Gasteiger partial charge in [0.15, 0.2) is 6.54 Å². The van der Waals surface area contributed by atoms with Crippen LogP contribution >= 0.6 is 0 Å². The third-order valence-corrected chi connectivity index (χ3v) is 6.04. The topological polar surface area (TPSA) is 86.2 Å². The molecule has 2 unspecified atom stereocenters. The number of carbonyl (C=O) groups excluding carboxylic acids is 2. The Bertz CT molecular complexity index is 809. The Hall–Kier alpha value is -2.66. The second-order valence-electron chi connectivity index (χ2n) is 8.22. The van der Waals surface area contributed by atoms with Crippen LogP contribution in [0.1, 0.15) is 31.2 Å². The number of hydrogen-bond acceptors (Lipinski definition) is 2. The lowest BCUT2D eigenvalue weighted by atomic mass is 9.78. The number of para-hydroxylation sites is 1. The minimum absolute atomic E-state index is 0.189. The van der Waals surface area contributed by atoms with Gasteiger partial charge in [0, 0.05) is 18.3 Å². The molecule has 2 atom stereocenters. The summed E-state index contributed by atoms with van der Waals surface area (Å²) in [5.41, 5.74) is 13.4. The van der Waals surface area contributed by atoms with Gasteiger partial charge in [0.05, 0.1) is 13.1 Å². The summed E-state index contributed by atoms with van der Waals surface area (Å²) in [5.74, 6) is -0.588. The van der Waals surface area contributed by atoms with E-state index in [1.807, 2.05) is 48.5 Å². The van der Waals surface area contributed by atoms with E-state index in [9.17, 15) is 9.59 Å². The molecule has 0 saturated carbocycles. The fourth-order valence-electron chi connectivity index (χ4n) is 4.86. The third kappa shape index (κ3) is 4.78. The number of benzene rings is 2. The SMILES string of the molecule is NC(=O)CC1(CCCc2ccccc2)CC[N+](CC(N)=O)(c2ccccc2)C1. The van der Waals surface area contributed by atoms with Gasteiger partial charge in [-0.05, 0) is 37.0 Å². The molecule has 5 nitrogen and oxygen atoms in total. The first-order valence-corrected chi connectivity index (χ1v) is 9.95. The van der Waals surface area contributed by atoms with Crippen LogP contribution in [0.25, 0.3) is 0 Å². The number of likely N-dealkylation sites (tertiary alicyclic amines) is 1. The second kappa shape index (κ2) is 8.57. The minimum atomic E-state index is -0.317. The quantitative estimate of drug-likeness (QED) is 0.656. The molecule has 2 aromatic rings. The number of nitrogens with two attached hydrogens (primary N) is 2. The van der Waals surface area contributed by atoms with Crippen molar-refractivity contribution in [2.45, 2.75) is 32.1 Å². The van der Waals surface area contributed by atoms with Crippen molar-refractivity contribution in [3.8, 4) is 0 Å². The summed E-state index contributed by atoms with van der Waals surface area (Å²) >= 11 is 0. The van der Waals surface area contributed by atoms with Gasteiger partial charge in [-0.15, -0.1) is 0 Å². The number of nitrogens with zero attached hydrogens (tertiary/aromatic N) is 1. The lowest BCUT2D eigenvalue weighted by Gasteiger charge is -2.35. The van der Waals surface area contributed by atoms with Crippen LogP contribution in [-0.4, -0.2) is 31.4 Å². The summed E-state index contributed by atoms with van der Waals surface area (Å²) in [7, 11) is 0. The second-order valence-corrected chi connectivity index (χ2v) is 8.22. The van der Waals surface area contributed by atoms with Gasteiger partial charge in [0.25, 0.3) is 5.91 Å². The fourth-order valence-corrected chi connectivity index (χ4v) is 4.86. The highest BCUT2D eigenvalue weighted by atomic mass is 16.1. The first-order valence-electron chi connectivity index (χ1n) is 9.95. The summed E-state index contributed by atoms with van der Waals surface area (Å²) < 4.78 is 0.509. The molecule has 0 spiro atoms. The van der Waals surface area contributed by atoms with Crippen LogP contribution in [0.3, 0.4) is 0 Å². The molecule has 1 heterocycles. The molecule has 1 aliphatic rings. The van der Waals surface area contributed by atoms with Gasteiger partial charge in [-0.3, -0.25) is 14.1 Å². The molecule has 2 amide bonds. The van der Waals surface area contributed by atoms with Crippen molar-refractivity contribution in [3.63, 3.8) is 0 Å². The number of amides is 2. The van der Waals surface area contributed by atoms with E-state index in [0.29, 0.717) is 10.9 Å². The lowest BCUT2D eigenvalue weighted by molar-refractivity contribution is -0.120. The largest absolute Gasteiger partial charge is 0.370 e. The Labute approximate surface area is 166 Å². The molecular weight excluding hydrogens is 350 g/mol. The van der Waals surface area contributed by atoms with Gasteiger partial charge < -0.3 is 11.5 Å². The molecule has 148 valence electrons. The third-order valence-electron chi connectivity index (χ3n) is 6.04. The molecule has 28 heavy (non-hydrogen) atoms. The molecular formula is C23H30N3O2+. The van der Waals surface area contributed by atoms with E-state index in [1.54, 1.807) is 0 Å². The van der Waals surface area contributed by atoms with E-state index in [0.717, 1.165) is 44.5 Å². The molecule has 1 saturated heterocycles. The van der Waals surface area contributed by atoms with Crippen LogP contribution in [0.2, 0.25) is 0 Å². The van der Waals surface area contributed by atoms with Crippen LogP contribution in [0.5, 0.6) is 0 Å². The average molecular weight is 381 g/mol. The van der Waals surface area contributed by atoms with E-state index in [2.05, 4.69) is 12.1 Å². The number of aryl methyl sites for hydroxylation is 1. The maximum atomic E-state index is 11.9. The predicted octanol–water partition coefficient (Wildman–Crippen LogP) is 2.77. The summed E-state index contributed by atoms with van der Waals surface area (Å²) in [6, 6.07) is 20.4. The molecule has 1 fully saturated rings. The van der Waals surface area contributed by atoms with Gasteiger partial charge in [-0.1, -0.05) is 48.5 Å². The Morgan fingerprint density at radius 1 is 0.929 bits per heavy atom. The first kappa shape index (κ1) is 20.1.